The predicted molar refractivity (Wildman–Crippen MR) is 69.2 cm³/mol. The predicted octanol–water partition coefficient (Wildman–Crippen LogP) is 2.46. The molecule has 2 fully saturated rings. The highest BCUT2D eigenvalue weighted by Crippen LogP contribution is 2.52. The van der Waals surface area contributed by atoms with E-state index in [4.69, 9.17) is 4.74 Å². The van der Waals surface area contributed by atoms with Crippen LogP contribution in [0, 0.1) is 5.92 Å². The Kier molecular flexibility index (Phi) is 3.24. The van der Waals surface area contributed by atoms with Gasteiger partial charge < -0.3 is 4.74 Å². The van der Waals surface area contributed by atoms with Crippen molar-refractivity contribution in [3.05, 3.63) is 35.9 Å². The highest BCUT2D eigenvalue weighted by molar-refractivity contribution is 5.77. The molecule has 20 heavy (non-hydrogen) atoms. The molecule has 2 bridgehead atoms. The number of likely N-dealkylation sites (tertiary alicyclic amines) is 1. The lowest BCUT2D eigenvalue weighted by Gasteiger charge is -2.37. The van der Waals surface area contributed by atoms with Crippen molar-refractivity contribution in [2.45, 2.75) is 37.4 Å². The second-order valence-corrected chi connectivity index (χ2v) is 5.59. The second kappa shape index (κ2) is 4.81. The van der Waals surface area contributed by atoms with E-state index in [0.717, 1.165) is 5.56 Å². The molecule has 3 rings (SSSR count). The molecule has 1 aliphatic heterocycles. The number of ether oxygens (including phenoxy) is 1. The largest absolute Gasteiger partial charge is 0.468 e. The molecule has 1 aromatic carbocycles. The molecule has 1 heterocycles. The van der Waals surface area contributed by atoms with Crippen molar-refractivity contribution in [1.29, 1.82) is 0 Å². The van der Waals surface area contributed by atoms with Crippen molar-refractivity contribution in [1.82, 2.24) is 4.90 Å². The Morgan fingerprint density at radius 2 is 2.10 bits per heavy atom. The summed E-state index contributed by atoms with van der Waals surface area (Å²) in [4.78, 5) is 13.8. The number of fused-ring (bicyclic) bond motifs is 2. The molecule has 2 aliphatic rings. The first-order valence-corrected chi connectivity index (χ1v) is 6.78. The first-order valence-electron chi connectivity index (χ1n) is 6.78. The van der Waals surface area contributed by atoms with Gasteiger partial charge in [-0.3, -0.25) is 9.69 Å². The van der Waals surface area contributed by atoms with Gasteiger partial charge in [0.25, 0.3) is 5.92 Å². The van der Waals surface area contributed by atoms with E-state index in [1.807, 2.05) is 35.2 Å². The van der Waals surface area contributed by atoms with Gasteiger partial charge in [0, 0.05) is 19.0 Å². The van der Waals surface area contributed by atoms with Crippen LogP contribution in [0.5, 0.6) is 0 Å². The van der Waals surface area contributed by atoms with E-state index in [9.17, 15) is 13.6 Å². The standard InChI is InChI=1S/C15H17F2NO2/c1-20-14(19)13-12-7-11(8-15(12,16)17)18(13)9-10-5-3-2-4-6-10/h2-6,11-13H,7-9H2,1H3. The van der Waals surface area contributed by atoms with Gasteiger partial charge in [-0.25, -0.2) is 8.78 Å². The summed E-state index contributed by atoms with van der Waals surface area (Å²) in [6, 6.07) is 8.55. The van der Waals surface area contributed by atoms with Gasteiger partial charge in [0.1, 0.15) is 6.04 Å². The molecule has 1 aliphatic carbocycles. The van der Waals surface area contributed by atoms with Crippen molar-refractivity contribution in [2.24, 2.45) is 5.92 Å². The van der Waals surface area contributed by atoms with Gasteiger partial charge in [0.05, 0.1) is 13.0 Å². The summed E-state index contributed by atoms with van der Waals surface area (Å²) in [5.74, 6) is -4.21. The van der Waals surface area contributed by atoms with Crippen LogP contribution in [-0.4, -0.2) is 36.0 Å². The van der Waals surface area contributed by atoms with Crippen LogP contribution in [-0.2, 0) is 16.1 Å². The maximum absolute atomic E-state index is 13.9. The molecule has 0 spiro atoms. The van der Waals surface area contributed by atoms with Crippen LogP contribution in [0.25, 0.3) is 0 Å². The molecule has 0 radical (unpaired) electrons. The molecule has 0 N–H and O–H groups in total. The third-order valence-electron chi connectivity index (χ3n) is 4.43. The van der Waals surface area contributed by atoms with E-state index in [0.29, 0.717) is 13.0 Å². The summed E-state index contributed by atoms with van der Waals surface area (Å²) in [5.41, 5.74) is 1.03. The van der Waals surface area contributed by atoms with Crippen molar-refractivity contribution in [3.8, 4) is 0 Å². The van der Waals surface area contributed by atoms with E-state index < -0.39 is 23.9 Å². The summed E-state index contributed by atoms with van der Waals surface area (Å²) < 4.78 is 32.5. The van der Waals surface area contributed by atoms with Crippen LogP contribution in [0.1, 0.15) is 18.4 Å². The molecule has 1 saturated heterocycles. The van der Waals surface area contributed by atoms with E-state index >= 15 is 0 Å². The molecular weight excluding hydrogens is 264 g/mol. The average molecular weight is 281 g/mol. The minimum absolute atomic E-state index is 0.155. The van der Waals surface area contributed by atoms with Crippen LogP contribution < -0.4 is 0 Å². The van der Waals surface area contributed by atoms with Crippen molar-refractivity contribution in [3.63, 3.8) is 0 Å². The van der Waals surface area contributed by atoms with E-state index in [-0.39, 0.29) is 12.5 Å². The van der Waals surface area contributed by atoms with Gasteiger partial charge in [-0.05, 0) is 12.0 Å². The number of halogens is 2. The maximum Gasteiger partial charge on any atom is 0.323 e. The lowest BCUT2D eigenvalue weighted by molar-refractivity contribution is -0.160. The van der Waals surface area contributed by atoms with Gasteiger partial charge in [-0.2, -0.15) is 0 Å². The number of rotatable bonds is 3. The molecule has 1 aromatic rings. The smallest absolute Gasteiger partial charge is 0.323 e. The molecule has 108 valence electrons. The highest BCUT2D eigenvalue weighted by atomic mass is 19.3. The van der Waals surface area contributed by atoms with Crippen LogP contribution >= 0.6 is 0 Å². The third kappa shape index (κ3) is 2.10. The molecule has 0 aromatic heterocycles. The number of methoxy groups -OCH3 is 1. The summed E-state index contributed by atoms with van der Waals surface area (Å²) in [6.45, 7) is 0.512. The number of carbonyl (C=O) groups is 1. The molecule has 3 atom stereocenters. The minimum Gasteiger partial charge on any atom is -0.468 e. The molecule has 3 nitrogen and oxygen atoms in total. The Labute approximate surface area is 116 Å². The monoisotopic (exact) mass is 281 g/mol. The third-order valence-corrected chi connectivity index (χ3v) is 4.43. The minimum atomic E-state index is -2.75. The molecule has 1 saturated carbocycles. The molecular formula is C15H17F2NO2. The number of esters is 1. The summed E-state index contributed by atoms with van der Waals surface area (Å²) >= 11 is 0. The number of benzene rings is 1. The Morgan fingerprint density at radius 1 is 1.40 bits per heavy atom. The fraction of sp³-hybridized carbons (Fsp3) is 0.533. The van der Waals surface area contributed by atoms with E-state index in [1.54, 1.807) is 0 Å². The number of hydrogen-bond donors (Lipinski definition) is 0. The Morgan fingerprint density at radius 3 is 2.75 bits per heavy atom. The summed E-state index contributed by atoms with van der Waals surface area (Å²) in [6.07, 6.45) is 0.220. The van der Waals surface area contributed by atoms with E-state index in [2.05, 4.69) is 0 Å². The number of carbonyl (C=O) groups excluding carboxylic acids is 1. The van der Waals surface area contributed by atoms with Gasteiger partial charge in [0.15, 0.2) is 0 Å². The van der Waals surface area contributed by atoms with Crippen LogP contribution in [0.15, 0.2) is 30.3 Å². The Bertz CT molecular complexity index is 506. The number of hydrogen-bond acceptors (Lipinski definition) is 3. The number of nitrogens with zero attached hydrogens (tertiary/aromatic N) is 1. The summed E-state index contributed by atoms with van der Waals surface area (Å²) in [7, 11) is 1.26. The zero-order valence-electron chi connectivity index (χ0n) is 11.3. The SMILES string of the molecule is COC(=O)C1C2CC(CC2(F)F)N1Cc1ccccc1. The molecule has 3 unspecified atom stereocenters. The lowest BCUT2D eigenvalue weighted by Crippen LogP contribution is -2.52. The molecule has 5 heteroatoms. The molecule has 0 amide bonds. The maximum atomic E-state index is 13.9. The zero-order chi connectivity index (χ0) is 14.3. The zero-order valence-corrected chi connectivity index (χ0v) is 11.3. The number of alkyl halides is 2. The van der Waals surface area contributed by atoms with Gasteiger partial charge in [0.2, 0.25) is 0 Å². The number of piperidine rings is 1. The Balaban J connectivity index is 1.85. The second-order valence-electron chi connectivity index (χ2n) is 5.59. The first kappa shape index (κ1) is 13.5. The fourth-order valence-electron chi connectivity index (χ4n) is 3.53. The van der Waals surface area contributed by atoms with Gasteiger partial charge in [-0.1, -0.05) is 30.3 Å². The highest BCUT2D eigenvalue weighted by Gasteiger charge is 2.63. The topological polar surface area (TPSA) is 29.5 Å². The Hall–Kier alpha value is -1.49. The fourth-order valence-corrected chi connectivity index (χ4v) is 3.53. The normalized spacial score (nSPS) is 31.4. The lowest BCUT2D eigenvalue weighted by atomic mass is 9.94. The van der Waals surface area contributed by atoms with E-state index in [1.165, 1.54) is 7.11 Å². The van der Waals surface area contributed by atoms with Crippen molar-refractivity contribution >= 4 is 5.97 Å². The quantitative estimate of drug-likeness (QED) is 0.797. The van der Waals surface area contributed by atoms with Gasteiger partial charge in [-0.15, -0.1) is 0 Å². The average Bonchev–Trinajstić information content (AvgIpc) is 2.92. The van der Waals surface area contributed by atoms with Gasteiger partial charge >= 0.3 is 5.97 Å². The van der Waals surface area contributed by atoms with Crippen LogP contribution in [0.3, 0.4) is 0 Å². The van der Waals surface area contributed by atoms with Crippen LogP contribution in [0.4, 0.5) is 8.78 Å². The van der Waals surface area contributed by atoms with Crippen molar-refractivity contribution < 1.29 is 18.3 Å². The van der Waals surface area contributed by atoms with Crippen molar-refractivity contribution in [2.75, 3.05) is 7.11 Å². The summed E-state index contributed by atoms with van der Waals surface area (Å²) in [5, 5.41) is 0. The first-order chi connectivity index (χ1) is 9.53. The van der Waals surface area contributed by atoms with Crippen LogP contribution in [0.2, 0.25) is 0 Å².